The predicted octanol–water partition coefficient (Wildman–Crippen LogP) is 5.49. The van der Waals surface area contributed by atoms with Crippen molar-refractivity contribution < 1.29 is 14.0 Å². The second-order valence-corrected chi connectivity index (χ2v) is 9.16. The Morgan fingerprint density at radius 3 is 2.47 bits per heavy atom. The first-order valence-corrected chi connectivity index (χ1v) is 11.6. The molecule has 6 heteroatoms. The molecule has 0 aromatic heterocycles. The van der Waals surface area contributed by atoms with Crippen molar-refractivity contribution in [3.05, 3.63) is 94.3 Å². The molecule has 176 valence electrons. The summed E-state index contributed by atoms with van der Waals surface area (Å²) < 4.78 is 14.1. The molecule has 1 saturated heterocycles. The van der Waals surface area contributed by atoms with E-state index >= 15 is 0 Å². The lowest BCUT2D eigenvalue weighted by Gasteiger charge is -2.34. The number of piperidine rings is 1. The number of halogens is 1. The molecule has 4 rings (SSSR count). The van der Waals surface area contributed by atoms with Crippen molar-refractivity contribution in [2.75, 3.05) is 16.9 Å². The highest BCUT2D eigenvalue weighted by molar-refractivity contribution is 5.98. The molecule has 2 amide bonds. The molecular weight excluding hydrogens is 429 g/mol. The lowest BCUT2D eigenvalue weighted by atomic mass is 9.90. The minimum Gasteiger partial charge on any atom is -0.312 e. The van der Waals surface area contributed by atoms with Crippen LogP contribution in [-0.2, 0) is 11.2 Å². The summed E-state index contributed by atoms with van der Waals surface area (Å²) in [7, 11) is 0. The van der Waals surface area contributed by atoms with Gasteiger partial charge in [0.15, 0.2) is 0 Å². The summed E-state index contributed by atoms with van der Waals surface area (Å²) in [5.74, 6) is -0.219. The summed E-state index contributed by atoms with van der Waals surface area (Å²) in [5, 5.41) is 0. The van der Waals surface area contributed by atoms with Crippen LogP contribution in [0.2, 0.25) is 0 Å². The maximum Gasteiger partial charge on any atom is 0.269 e. The zero-order valence-corrected chi connectivity index (χ0v) is 19.8. The van der Waals surface area contributed by atoms with Crippen LogP contribution in [0, 0.1) is 32.5 Å². The van der Waals surface area contributed by atoms with Gasteiger partial charge in [0.05, 0.1) is 5.69 Å². The normalized spacial score (nSPS) is 15.8. The van der Waals surface area contributed by atoms with E-state index < -0.39 is 0 Å². The molecule has 1 unspecified atom stereocenters. The van der Waals surface area contributed by atoms with Crippen molar-refractivity contribution in [2.24, 2.45) is 5.92 Å². The Morgan fingerprint density at radius 2 is 1.76 bits per heavy atom. The fourth-order valence-corrected chi connectivity index (χ4v) is 4.64. The van der Waals surface area contributed by atoms with Crippen molar-refractivity contribution in [2.45, 2.75) is 40.0 Å². The number of aryl methyl sites for hydroxylation is 3. The van der Waals surface area contributed by atoms with Gasteiger partial charge in [0.1, 0.15) is 5.82 Å². The minimum atomic E-state index is -0.254. The van der Waals surface area contributed by atoms with Gasteiger partial charge in [-0.05, 0) is 98.2 Å². The fourth-order valence-electron chi connectivity index (χ4n) is 4.64. The van der Waals surface area contributed by atoms with Crippen molar-refractivity contribution >= 4 is 23.2 Å². The van der Waals surface area contributed by atoms with Gasteiger partial charge in [-0.1, -0.05) is 24.3 Å². The first kappa shape index (κ1) is 23.5. The Bertz CT molecular complexity index is 1200. The Labute approximate surface area is 200 Å². The van der Waals surface area contributed by atoms with Crippen molar-refractivity contribution in [3.63, 3.8) is 0 Å². The molecule has 0 radical (unpaired) electrons. The van der Waals surface area contributed by atoms with Gasteiger partial charge >= 0.3 is 0 Å². The topological polar surface area (TPSA) is 61.4 Å². The monoisotopic (exact) mass is 459 g/mol. The molecule has 0 bridgehead atoms. The van der Waals surface area contributed by atoms with Crippen LogP contribution in [0.25, 0.3) is 0 Å². The zero-order valence-electron chi connectivity index (χ0n) is 19.8. The van der Waals surface area contributed by atoms with Crippen LogP contribution in [-0.4, -0.2) is 18.4 Å². The maximum atomic E-state index is 14.1. The number of carbonyl (C=O) groups excluding carboxylic acids is 2. The average Bonchev–Trinajstić information content (AvgIpc) is 2.80. The summed E-state index contributed by atoms with van der Waals surface area (Å²) in [6.07, 6.45) is 1.77. The third kappa shape index (κ3) is 5.45. The van der Waals surface area contributed by atoms with Crippen LogP contribution in [0.1, 0.15) is 45.5 Å². The molecule has 1 atom stereocenters. The zero-order chi connectivity index (χ0) is 24.2. The number of carbonyl (C=O) groups is 2. The largest absolute Gasteiger partial charge is 0.312 e. The molecule has 3 aromatic rings. The summed E-state index contributed by atoms with van der Waals surface area (Å²) >= 11 is 0. The third-order valence-corrected chi connectivity index (χ3v) is 6.27. The number of nitrogens with one attached hydrogen (secondary N) is 2. The van der Waals surface area contributed by atoms with E-state index in [2.05, 4.69) is 16.9 Å². The number of rotatable bonds is 6. The van der Waals surface area contributed by atoms with Crippen LogP contribution in [0.4, 0.5) is 15.8 Å². The number of benzene rings is 3. The number of amides is 2. The third-order valence-electron chi connectivity index (χ3n) is 6.27. The fraction of sp³-hybridized carbons (Fsp3) is 0.286. The van der Waals surface area contributed by atoms with E-state index in [1.807, 2.05) is 45.0 Å². The standard InChI is InChI=1S/C28H30FN3O2/c1-18-12-19(2)14-24(13-18)30-31-28(34)23-9-10-26(20(3)15-23)32-17-21(8-11-27(32)33)16-22-6-4-5-7-25(22)29/h4-7,9-10,12-15,21,30H,8,11,16-17H2,1-3H3,(H,31,34). The highest BCUT2D eigenvalue weighted by atomic mass is 19.1. The van der Waals surface area contributed by atoms with Crippen molar-refractivity contribution in [3.8, 4) is 0 Å². The summed E-state index contributed by atoms with van der Waals surface area (Å²) in [6, 6.07) is 18.1. The maximum absolute atomic E-state index is 14.1. The summed E-state index contributed by atoms with van der Waals surface area (Å²) in [5.41, 5.74) is 11.6. The Hall–Kier alpha value is -3.67. The van der Waals surface area contributed by atoms with E-state index in [0.29, 0.717) is 30.5 Å². The van der Waals surface area contributed by atoms with Gasteiger partial charge in [0, 0.05) is 24.2 Å². The minimum absolute atomic E-state index is 0.0570. The summed E-state index contributed by atoms with van der Waals surface area (Å²) in [6.45, 7) is 6.45. The van der Waals surface area contributed by atoms with E-state index in [9.17, 15) is 14.0 Å². The lowest BCUT2D eigenvalue weighted by molar-refractivity contribution is -0.120. The molecule has 0 spiro atoms. The quantitative estimate of drug-likeness (QED) is 0.479. The van der Waals surface area contributed by atoms with E-state index in [-0.39, 0.29) is 23.5 Å². The first-order chi connectivity index (χ1) is 16.3. The molecular formula is C28H30FN3O2. The van der Waals surface area contributed by atoms with Gasteiger partial charge in [-0.15, -0.1) is 0 Å². The van der Waals surface area contributed by atoms with Crippen molar-refractivity contribution in [1.29, 1.82) is 0 Å². The van der Waals surface area contributed by atoms with Crippen LogP contribution in [0.5, 0.6) is 0 Å². The van der Waals surface area contributed by atoms with Crippen LogP contribution in [0.3, 0.4) is 0 Å². The van der Waals surface area contributed by atoms with Crippen LogP contribution < -0.4 is 15.8 Å². The molecule has 34 heavy (non-hydrogen) atoms. The molecule has 5 nitrogen and oxygen atoms in total. The van der Waals surface area contributed by atoms with Gasteiger partial charge in [-0.25, -0.2) is 4.39 Å². The first-order valence-electron chi connectivity index (χ1n) is 11.6. The van der Waals surface area contributed by atoms with Gasteiger partial charge < -0.3 is 4.90 Å². The van der Waals surface area contributed by atoms with Gasteiger partial charge in [-0.3, -0.25) is 20.4 Å². The summed E-state index contributed by atoms with van der Waals surface area (Å²) in [4.78, 5) is 27.2. The lowest BCUT2D eigenvalue weighted by Crippen LogP contribution is -2.41. The van der Waals surface area contributed by atoms with Gasteiger partial charge in [-0.2, -0.15) is 0 Å². The molecule has 1 fully saturated rings. The Kier molecular flexibility index (Phi) is 6.96. The average molecular weight is 460 g/mol. The predicted molar refractivity (Wildman–Crippen MR) is 133 cm³/mol. The SMILES string of the molecule is Cc1cc(C)cc(NNC(=O)c2ccc(N3CC(Cc4ccccc4F)CCC3=O)c(C)c2)c1. The number of hydrogen-bond acceptors (Lipinski definition) is 3. The number of hydrazine groups is 1. The number of anilines is 2. The van der Waals surface area contributed by atoms with Gasteiger partial charge in [0.25, 0.3) is 5.91 Å². The number of hydrogen-bond donors (Lipinski definition) is 2. The molecule has 1 heterocycles. The van der Waals surface area contributed by atoms with Crippen LogP contribution >= 0.6 is 0 Å². The van der Waals surface area contributed by atoms with E-state index in [0.717, 1.165) is 34.5 Å². The second kappa shape index (κ2) is 10.1. The Morgan fingerprint density at radius 1 is 1.03 bits per heavy atom. The molecule has 1 aliphatic heterocycles. The smallest absolute Gasteiger partial charge is 0.269 e. The van der Waals surface area contributed by atoms with Crippen LogP contribution in [0.15, 0.2) is 60.7 Å². The Balaban J connectivity index is 1.44. The molecule has 1 aliphatic rings. The number of nitrogens with zero attached hydrogens (tertiary/aromatic N) is 1. The second-order valence-electron chi connectivity index (χ2n) is 9.16. The van der Waals surface area contributed by atoms with Crippen molar-refractivity contribution in [1.82, 2.24) is 5.43 Å². The van der Waals surface area contributed by atoms with E-state index in [1.165, 1.54) is 6.07 Å². The molecule has 0 aliphatic carbocycles. The van der Waals surface area contributed by atoms with E-state index in [4.69, 9.17) is 0 Å². The molecule has 2 N–H and O–H groups in total. The van der Waals surface area contributed by atoms with Gasteiger partial charge in [0.2, 0.25) is 5.91 Å². The highest BCUT2D eigenvalue weighted by Crippen LogP contribution is 2.30. The molecule has 0 saturated carbocycles. The van der Waals surface area contributed by atoms with E-state index in [1.54, 1.807) is 29.2 Å². The highest BCUT2D eigenvalue weighted by Gasteiger charge is 2.28. The molecule has 3 aromatic carbocycles.